The van der Waals surface area contributed by atoms with Crippen LogP contribution in [0.4, 0.5) is 0 Å². The number of pyridine rings is 3. The van der Waals surface area contributed by atoms with E-state index in [-0.39, 0.29) is 0 Å². The van der Waals surface area contributed by atoms with Crippen molar-refractivity contribution in [1.82, 2.24) is 52.2 Å². The lowest BCUT2D eigenvalue weighted by Crippen LogP contribution is -2.33. The molecule has 12 heteroatoms. The van der Waals surface area contributed by atoms with E-state index in [2.05, 4.69) is 116 Å². The Kier molecular flexibility index (Phi) is 28.9. The average Bonchev–Trinajstić information content (AvgIpc) is 3.27. The van der Waals surface area contributed by atoms with Crippen molar-refractivity contribution in [3.8, 4) is 0 Å². The Morgan fingerprint density at radius 2 is 0.948 bits per heavy atom. The number of hydrogen-bond acceptors (Lipinski definition) is 12. The molecule has 3 aliphatic rings. The van der Waals surface area contributed by atoms with Crippen LogP contribution in [-0.2, 0) is 35.4 Å². The molecule has 0 radical (unpaired) electrons. The SMILES string of the molecule is CC.CC1CCCNCCNCCNC(C)c2cccc1n2.c1cc2nc(c1)CNCCNCCNCCCC2.c1cc2nc(c1)CNCCOCCOCCCC2. The molecule has 2 atom stereocenters. The Morgan fingerprint density at radius 3 is 1.62 bits per heavy atom. The summed E-state index contributed by atoms with van der Waals surface area (Å²) in [5.74, 6) is 0.534. The quantitative estimate of drug-likeness (QED) is 0.164. The zero-order valence-electron chi connectivity index (χ0n) is 36.7. The predicted octanol–water partition coefficient (Wildman–Crippen LogP) is 5.06. The second-order valence-electron chi connectivity index (χ2n) is 14.9. The first-order valence-corrected chi connectivity index (χ1v) is 22.7. The lowest BCUT2D eigenvalue weighted by atomic mass is 10.0. The van der Waals surface area contributed by atoms with Crippen LogP contribution in [0.1, 0.15) is 112 Å². The molecule has 6 bridgehead atoms. The van der Waals surface area contributed by atoms with Gasteiger partial charge in [-0.3, -0.25) is 15.0 Å². The highest BCUT2D eigenvalue weighted by Crippen LogP contribution is 2.20. The van der Waals surface area contributed by atoms with Gasteiger partial charge in [0.1, 0.15) is 0 Å². The van der Waals surface area contributed by atoms with Gasteiger partial charge in [0.2, 0.25) is 0 Å². The zero-order valence-corrected chi connectivity index (χ0v) is 36.7. The molecule has 2 unspecified atom stereocenters. The second-order valence-corrected chi connectivity index (χ2v) is 14.9. The molecule has 6 rings (SSSR count). The van der Waals surface area contributed by atoms with E-state index in [4.69, 9.17) is 14.5 Å². The standard InChI is InChI=1S/C16H28N4.C14H24N4.C14H22N2O2.C2H6/c1-13-5-4-8-17-9-10-18-11-12-19-14(2)16-7-3-6-15(13)20-16;1-2-7-15-8-9-16-10-11-17-12-14-6-3-5-13(4-1)18-14;1-2-8-17-10-11-18-9-7-15-12-14-6-3-5-13(4-1)16-14;1-2/h3,6-7,13-14,17-19H,4-5,8-12H2,1-2H3;3,5-6,15-17H,1-2,4,7-12H2;3,5-6,15H,1-2,4,7-12H2;1-2H3. The first-order valence-electron chi connectivity index (χ1n) is 22.7. The summed E-state index contributed by atoms with van der Waals surface area (Å²) in [6, 6.07) is 19.4. The van der Waals surface area contributed by atoms with Gasteiger partial charge in [-0.15, -0.1) is 0 Å². The van der Waals surface area contributed by atoms with Crippen molar-refractivity contribution in [3.63, 3.8) is 0 Å². The Labute approximate surface area is 352 Å². The molecule has 0 aromatic carbocycles. The molecule has 0 fully saturated rings. The summed E-state index contributed by atoms with van der Waals surface area (Å²) in [7, 11) is 0. The zero-order chi connectivity index (χ0) is 41.1. The van der Waals surface area contributed by atoms with Gasteiger partial charge in [-0.05, 0) is 114 Å². The molecule has 58 heavy (non-hydrogen) atoms. The number of nitrogens with one attached hydrogen (secondary N) is 7. The molecular formula is C46H80N10O2. The van der Waals surface area contributed by atoms with Gasteiger partial charge in [0.05, 0.1) is 36.9 Å². The van der Waals surface area contributed by atoms with Gasteiger partial charge in [0, 0.05) is 102 Å². The fraction of sp³-hybridized carbons (Fsp3) is 0.674. The minimum Gasteiger partial charge on any atom is -0.379 e. The summed E-state index contributed by atoms with van der Waals surface area (Å²) in [5, 5.41) is 24.1. The second kappa shape index (κ2) is 33.9. The molecule has 6 heterocycles. The summed E-state index contributed by atoms with van der Waals surface area (Å²) < 4.78 is 11.0. The van der Waals surface area contributed by atoms with Crippen molar-refractivity contribution >= 4 is 0 Å². The Morgan fingerprint density at radius 1 is 0.448 bits per heavy atom. The Bertz CT molecular complexity index is 1260. The van der Waals surface area contributed by atoms with Crippen LogP contribution in [-0.4, -0.2) is 113 Å². The first kappa shape index (κ1) is 49.5. The molecule has 3 aromatic heterocycles. The normalized spacial score (nSPS) is 21.5. The maximum absolute atomic E-state index is 5.50. The molecule has 0 spiro atoms. The average molecular weight is 805 g/mol. The third kappa shape index (κ3) is 23.6. The van der Waals surface area contributed by atoms with E-state index in [0.29, 0.717) is 25.2 Å². The van der Waals surface area contributed by atoms with Crippen LogP contribution in [0.15, 0.2) is 54.6 Å². The lowest BCUT2D eigenvalue weighted by molar-refractivity contribution is 0.0475. The van der Waals surface area contributed by atoms with Crippen LogP contribution >= 0.6 is 0 Å². The summed E-state index contributed by atoms with van der Waals surface area (Å²) in [6.45, 7) is 24.3. The number of fused-ring (bicyclic) bond motifs is 6. The maximum Gasteiger partial charge on any atom is 0.0701 e. The molecule has 0 amide bonds. The van der Waals surface area contributed by atoms with Crippen molar-refractivity contribution in [2.45, 2.75) is 104 Å². The van der Waals surface area contributed by atoms with E-state index >= 15 is 0 Å². The molecule has 0 saturated heterocycles. The van der Waals surface area contributed by atoms with Crippen molar-refractivity contribution in [2.75, 3.05) is 98.4 Å². The van der Waals surface area contributed by atoms with Crippen LogP contribution in [0, 0.1) is 0 Å². The van der Waals surface area contributed by atoms with Crippen molar-refractivity contribution < 1.29 is 9.47 Å². The summed E-state index contributed by atoms with van der Waals surface area (Å²) in [5.41, 5.74) is 7.05. The smallest absolute Gasteiger partial charge is 0.0701 e. The first-order chi connectivity index (χ1) is 28.7. The monoisotopic (exact) mass is 805 g/mol. The Hall–Kier alpha value is -2.91. The largest absolute Gasteiger partial charge is 0.379 e. The van der Waals surface area contributed by atoms with E-state index in [1.54, 1.807) is 0 Å². The van der Waals surface area contributed by atoms with E-state index in [1.165, 1.54) is 42.8 Å². The van der Waals surface area contributed by atoms with E-state index in [0.717, 1.165) is 141 Å². The third-order valence-corrected chi connectivity index (χ3v) is 10.1. The number of nitrogens with zero attached hydrogens (tertiary/aromatic N) is 3. The number of rotatable bonds is 0. The Balaban J connectivity index is 0.000000228. The van der Waals surface area contributed by atoms with Gasteiger partial charge in [0.15, 0.2) is 0 Å². The highest BCUT2D eigenvalue weighted by atomic mass is 16.5. The van der Waals surface area contributed by atoms with Gasteiger partial charge >= 0.3 is 0 Å². The van der Waals surface area contributed by atoms with Crippen LogP contribution < -0.4 is 37.2 Å². The highest BCUT2D eigenvalue weighted by molar-refractivity contribution is 5.17. The highest BCUT2D eigenvalue weighted by Gasteiger charge is 2.11. The fourth-order valence-electron chi connectivity index (χ4n) is 6.68. The molecule has 7 N–H and O–H groups in total. The van der Waals surface area contributed by atoms with Crippen LogP contribution in [0.25, 0.3) is 0 Å². The molecule has 12 nitrogen and oxygen atoms in total. The van der Waals surface area contributed by atoms with Gasteiger partial charge in [-0.1, -0.05) is 39.0 Å². The van der Waals surface area contributed by atoms with Crippen molar-refractivity contribution in [3.05, 3.63) is 88.8 Å². The van der Waals surface area contributed by atoms with Gasteiger partial charge in [0.25, 0.3) is 0 Å². The van der Waals surface area contributed by atoms with E-state index in [1.807, 2.05) is 13.8 Å². The summed E-state index contributed by atoms with van der Waals surface area (Å²) >= 11 is 0. The van der Waals surface area contributed by atoms with E-state index in [9.17, 15) is 0 Å². The van der Waals surface area contributed by atoms with Gasteiger partial charge in [-0.2, -0.15) is 0 Å². The molecule has 326 valence electrons. The van der Waals surface area contributed by atoms with Gasteiger partial charge in [-0.25, -0.2) is 0 Å². The minimum atomic E-state index is 0.312. The molecule has 3 aromatic rings. The van der Waals surface area contributed by atoms with Crippen molar-refractivity contribution in [2.24, 2.45) is 0 Å². The van der Waals surface area contributed by atoms with Crippen LogP contribution in [0.5, 0.6) is 0 Å². The number of aromatic nitrogens is 3. The predicted molar refractivity (Wildman–Crippen MR) is 241 cm³/mol. The number of aryl methyl sites for hydroxylation is 2. The third-order valence-electron chi connectivity index (χ3n) is 10.1. The van der Waals surface area contributed by atoms with Crippen molar-refractivity contribution in [1.29, 1.82) is 0 Å². The molecular weight excluding hydrogens is 725 g/mol. The molecule has 0 saturated carbocycles. The molecule has 3 aliphatic heterocycles. The minimum absolute atomic E-state index is 0.312. The van der Waals surface area contributed by atoms with Crippen LogP contribution in [0.3, 0.4) is 0 Å². The van der Waals surface area contributed by atoms with E-state index < -0.39 is 0 Å². The van der Waals surface area contributed by atoms with Gasteiger partial charge < -0.3 is 46.7 Å². The summed E-state index contributed by atoms with van der Waals surface area (Å²) in [4.78, 5) is 14.2. The maximum atomic E-state index is 5.50. The number of hydrogen-bond donors (Lipinski definition) is 7. The fourth-order valence-corrected chi connectivity index (χ4v) is 6.68. The van der Waals surface area contributed by atoms with Crippen LogP contribution in [0.2, 0.25) is 0 Å². The topological polar surface area (TPSA) is 141 Å². The lowest BCUT2D eigenvalue weighted by Gasteiger charge is -2.16. The number of ether oxygens (including phenoxy) is 2. The summed E-state index contributed by atoms with van der Waals surface area (Å²) in [6.07, 6.45) is 9.18. The molecule has 0 aliphatic carbocycles.